The lowest BCUT2D eigenvalue weighted by atomic mass is 10.1. The number of carbonyl (C=O) groups is 1. The molecule has 0 bridgehead atoms. The van der Waals surface area contributed by atoms with Gasteiger partial charge < -0.3 is 20.3 Å². The van der Waals surface area contributed by atoms with E-state index in [2.05, 4.69) is 51.8 Å². The van der Waals surface area contributed by atoms with Crippen LogP contribution in [0.1, 0.15) is 18.7 Å². The second-order valence-corrected chi connectivity index (χ2v) is 8.22. The van der Waals surface area contributed by atoms with Crippen molar-refractivity contribution in [2.24, 2.45) is 10.9 Å². The zero-order valence-corrected chi connectivity index (χ0v) is 18.3. The molecule has 1 aliphatic heterocycles. The second-order valence-electron chi connectivity index (χ2n) is 7.19. The highest BCUT2D eigenvalue weighted by molar-refractivity contribution is 7.09. The fourth-order valence-electron chi connectivity index (χ4n) is 3.17. The number of nitrogens with one attached hydrogen (secondary N) is 2. The minimum atomic E-state index is 0.0634. The Balaban J connectivity index is 1.77. The molecule has 1 aromatic heterocycles. The Morgan fingerprint density at radius 3 is 2.75 bits per heavy atom. The van der Waals surface area contributed by atoms with Gasteiger partial charge in [-0.15, -0.1) is 11.3 Å². The van der Waals surface area contributed by atoms with Crippen molar-refractivity contribution >= 4 is 23.2 Å². The highest BCUT2D eigenvalue weighted by atomic mass is 32.1. The zero-order valence-electron chi connectivity index (χ0n) is 17.4. The molecule has 28 heavy (non-hydrogen) atoms. The van der Waals surface area contributed by atoms with Gasteiger partial charge in [-0.05, 0) is 30.7 Å². The van der Waals surface area contributed by atoms with E-state index in [-0.39, 0.29) is 5.91 Å². The van der Waals surface area contributed by atoms with E-state index in [1.54, 1.807) is 7.11 Å². The van der Waals surface area contributed by atoms with Crippen LogP contribution in [-0.2, 0) is 16.0 Å². The summed E-state index contributed by atoms with van der Waals surface area (Å²) in [5.74, 6) is 1.57. The molecular formula is C20H35N5O2S. The maximum atomic E-state index is 12.0. The standard InChI is InChI=1S/C20H35N5O2S/c1-4-21-20(23-15-17(2)14-18-6-5-13-28-18)25-10-8-24(9-11-25)16-19(26)22-7-12-27-3/h5-6,13,17H,4,7-12,14-16H2,1-3H3,(H,21,23)(H,22,26). The van der Waals surface area contributed by atoms with E-state index >= 15 is 0 Å². The number of aliphatic imine (C=N–C) groups is 1. The number of amides is 1. The van der Waals surface area contributed by atoms with Gasteiger partial charge in [0.05, 0.1) is 13.2 Å². The maximum Gasteiger partial charge on any atom is 0.234 e. The number of methoxy groups -OCH3 is 1. The number of piperazine rings is 1. The van der Waals surface area contributed by atoms with Gasteiger partial charge in [-0.1, -0.05) is 13.0 Å². The molecular weight excluding hydrogens is 374 g/mol. The quantitative estimate of drug-likeness (QED) is 0.346. The number of nitrogens with zero attached hydrogens (tertiary/aromatic N) is 3. The lowest BCUT2D eigenvalue weighted by Gasteiger charge is -2.36. The lowest BCUT2D eigenvalue weighted by Crippen LogP contribution is -2.54. The summed E-state index contributed by atoms with van der Waals surface area (Å²) in [5, 5.41) is 8.44. The van der Waals surface area contributed by atoms with Crippen molar-refractivity contribution in [1.29, 1.82) is 0 Å². The monoisotopic (exact) mass is 409 g/mol. The van der Waals surface area contributed by atoms with Crippen molar-refractivity contribution in [2.75, 3.05) is 66.1 Å². The summed E-state index contributed by atoms with van der Waals surface area (Å²) in [4.78, 5) is 22.8. The van der Waals surface area contributed by atoms with Crippen molar-refractivity contribution in [2.45, 2.75) is 20.3 Å². The fraction of sp³-hybridized carbons (Fsp3) is 0.700. The van der Waals surface area contributed by atoms with Crippen LogP contribution in [-0.4, -0.2) is 87.7 Å². The van der Waals surface area contributed by atoms with Gasteiger partial charge >= 0.3 is 0 Å². The van der Waals surface area contributed by atoms with Crippen LogP contribution in [0.5, 0.6) is 0 Å². The Morgan fingerprint density at radius 2 is 2.11 bits per heavy atom. The summed E-state index contributed by atoms with van der Waals surface area (Å²) in [6.45, 7) is 11.1. The Labute approximate surface area is 173 Å². The molecule has 2 rings (SSSR count). The summed E-state index contributed by atoms with van der Waals surface area (Å²) in [7, 11) is 1.64. The third-order valence-corrected chi connectivity index (χ3v) is 5.58. The van der Waals surface area contributed by atoms with Gasteiger partial charge in [-0.2, -0.15) is 0 Å². The molecule has 2 N–H and O–H groups in total. The number of hydrogen-bond acceptors (Lipinski definition) is 5. The van der Waals surface area contributed by atoms with Crippen molar-refractivity contribution in [3.05, 3.63) is 22.4 Å². The largest absolute Gasteiger partial charge is 0.383 e. The van der Waals surface area contributed by atoms with Crippen LogP contribution in [0.4, 0.5) is 0 Å². The van der Waals surface area contributed by atoms with E-state index < -0.39 is 0 Å². The van der Waals surface area contributed by atoms with Crippen LogP contribution in [0.25, 0.3) is 0 Å². The first-order chi connectivity index (χ1) is 13.6. The van der Waals surface area contributed by atoms with Gasteiger partial charge in [0.15, 0.2) is 5.96 Å². The number of guanidine groups is 1. The van der Waals surface area contributed by atoms with Crippen LogP contribution < -0.4 is 10.6 Å². The topological polar surface area (TPSA) is 69.2 Å². The molecule has 2 heterocycles. The number of thiophene rings is 1. The van der Waals surface area contributed by atoms with Gasteiger partial charge in [0.2, 0.25) is 5.91 Å². The molecule has 1 aromatic rings. The molecule has 7 nitrogen and oxygen atoms in total. The SMILES string of the molecule is CCNC(=NCC(C)Cc1cccs1)N1CCN(CC(=O)NCCOC)CC1. The summed E-state index contributed by atoms with van der Waals surface area (Å²) in [5.41, 5.74) is 0. The molecule has 1 atom stereocenters. The van der Waals surface area contributed by atoms with Crippen LogP contribution in [0.2, 0.25) is 0 Å². The average molecular weight is 410 g/mol. The first-order valence-electron chi connectivity index (χ1n) is 10.2. The van der Waals surface area contributed by atoms with E-state index in [1.807, 2.05) is 11.3 Å². The van der Waals surface area contributed by atoms with E-state index in [4.69, 9.17) is 9.73 Å². The van der Waals surface area contributed by atoms with Gasteiger partial charge in [0.25, 0.3) is 0 Å². The normalized spacial score (nSPS) is 16.8. The Hall–Kier alpha value is -1.64. The van der Waals surface area contributed by atoms with Crippen LogP contribution in [0.3, 0.4) is 0 Å². The van der Waals surface area contributed by atoms with Crippen LogP contribution in [0, 0.1) is 5.92 Å². The lowest BCUT2D eigenvalue weighted by molar-refractivity contribution is -0.122. The van der Waals surface area contributed by atoms with Crippen LogP contribution >= 0.6 is 11.3 Å². The Morgan fingerprint density at radius 1 is 1.32 bits per heavy atom. The summed E-state index contributed by atoms with van der Waals surface area (Å²) in [6.07, 6.45) is 1.08. The summed E-state index contributed by atoms with van der Waals surface area (Å²) in [6, 6.07) is 4.30. The molecule has 1 fully saturated rings. The second kappa shape index (κ2) is 12.7. The van der Waals surface area contributed by atoms with Crippen molar-refractivity contribution in [3.63, 3.8) is 0 Å². The molecule has 1 amide bonds. The number of hydrogen-bond donors (Lipinski definition) is 2. The minimum absolute atomic E-state index is 0.0634. The van der Waals surface area contributed by atoms with Crippen LogP contribution in [0.15, 0.2) is 22.5 Å². The predicted molar refractivity (Wildman–Crippen MR) is 116 cm³/mol. The van der Waals surface area contributed by atoms with E-state index in [1.165, 1.54) is 4.88 Å². The molecule has 0 saturated carbocycles. The molecule has 0 aromatic carbocycles. The first-order valence-corrected chi connectivity index (χ1v) is 11.0. The molecule has 1 unspecified atom stereocenters. The first kappa shape index (κ1) is 22.6. The van der Waals surface area contributed by atoms with E-state index in [0.717, 1.165) is 51.6 Å². The molecule has 0 spiro atoms. The van der Waals surface area contributed by atoms with Crippen molar-refractivity contribution in [3.8, 4) is 0 Å². The molecule has 158 valence electrons. The van der Waals surface area contributed by atoms with Gasteiger partial charge in [0.1, 0.15) is 0 Å². The summed E-state index contributed by atoms with van der Waals surface area (Å²) < 4.78 is 4.96. The number of carbonyl (C=O) groups excluding carboxylic acids is 1. The summed E-state index contributed by atoms with van der Waals surface area (Å²) >= 11 is 1.82. The molecule has 0 aliphatic carbocycles. The molecule has 1 aliphatic rings. The number of rotatable bonds is 10. The zero-order chi connectivity index (χ0) is 20.2. The predicted octanol–water partition coefficient (Wildman–Crippen LogP) is 1.27. The average Bonchev–Trinajstić information content (AvgIpc) is 3.19. The van der Waals surface area contributed by atoms with Gasteiger partial charge in [0, 0.05) is 57.8 Å². The Bertz CT molecular complexity index is 585. The highest BCUT2D eigenvalue weighted by Crippen LogP contribution is 2.14. The van der Waals surface area contributed by atoms with Gasteiger partial charge in [-0.25, -0.2) is 0 Å². The van der Waals surface area contributed by atoms with Gasteiger partial charge in [-0.3, -0.25) is 14.7 Å². The molecule has 8 heteroatoms. The van der Waals surface area contributed by atoms with Crippen molar-refractivity contribution in [1.82, 2.24) is 20.4 Å². The minimum Gasteiger partial charge on any atom is -0.383 e. The van der Waals surface area contributed by atoms with Crippen molar-refractivity contribution < 1.29 is 9.53 Å². The highest BCUT2D eigenvalue weighted by Gasteiger charge is 2.21. The number of ether oxygens (including phenoxy) is 1. The molecule has 1 saturated heterocycles. The van der Waals surface area contributed by atoms with E-state index in [9.17, 15) is 4.79 Å². The Kier molecular flexibility index (Phi) is 10.3. The third-order valence-electron chi connectivity index (χ3n) is 4.68. The maximum absolute atomic E-state index is 12.0. The third kappa shape index (κ3) is 8.16. The smallest absolute Gasteiger partial charge is 0.234 e. The fourth-order valence-corrected chi connectivity index (χ4v) is 4.04. The van der Waals surface area contributed by atoms with E-state index in [0.29, 0.717) is 25.6 Å². The molecule has 0 radical (unpaired) electrons.